The van der Waals surface area contributed by atoms with Crippen LogP contribution in [0.2, 0.25) is 0 Å². The van der Waals surface area contributed by atoms with Crippen molar-refractivity contribution in [3.63, 3.8) is 0 Å². The van der Waals surface area contributed by atoms with Crippen molar-refractivity contribution in [2.75, 3.05) is 38.8 Å². The van der Waals surface area contributed by atoms with Crippen molar-refractivity contribution in [2.24, 2.45) is 5.92 Å². The summed E-state index contributed by atoms with van der Waals surface area (Å²) >= 11 is 3.45. The fourth-order valence-corrected chi connectivity index (χ4v) is 3.81. The molecule has 0 spiro atoms. The molecule has 0 radical (unpaired) electrons. The lowest BCUT2D eigenvalue weighted by Crippen LogP contribution is -2.38. The molecule has 1 aliphatic rings. The predicted octanol–water partition coefficient (Wildman–Crippen LogP) is 3.79. The molecule has 2 amide bonds. The first-order valence-electron chi connectivity index (χ1n) is 9.32. The Balaban J connectivity index is 1.45. The van der Waals surface area contributed by atoms with E-state index < -0.39 is 0 Å². The molecular weight excluding hydrogens is 422 g/mol. The second-order valence-electron chi connectivity index (χ2n) is 6.82. The number of nitrogens with one attached hydrogen (secondary N) is 2. The molecule has 1 heterocycles. The molecule has 3 rings (SSSR count). The van der Waals surface area contributed by atoms with Crippen LogP contribution in [0.1, 0.15) is 12.0 Å². The molecule has 0 bridgehead atoms. The van der Waals surface area contributed by atoms with E-state index in [2.05, 4.69) is 37.5 Å². The van der Waals surface area contributed by atoms with Gasteiger partial charge in [-0.15, -0.1) is 0 Å². The van der Waals surface area contributed by atoms with Crippen LogP contribution in [-0.4, -0.2) is 39.9 Å². The lowest BCUT2D eigenvalue weighted by atomic mass is 10.1. The Kier molecular flexibility index (Phi) is 7.03. The number of ether oxygens (including phenoxy) is 2. The Hall–Kier alpha value is -2.41. The van der Waals surface area contributed by atoms with E-state index in [1.54, 1.807) is 14.2 Å². The lowest BCUT2D eigenvalue weighted by Gasteiger charge is -2.19. The number of hydrogen-bond donors (Lipinski definition) is 2. The van der Waals surface area contributed by atoms with Crippen LogP contribution in [0, 0.1) is 5.92 Å². The highest BCUT2D eigenvalue weighted by molar-refractivity contribution is 9.10. The Morgan fingerprint density at radius 3 is 2.82 bits per heavy atom. The maximum atomic E-state index is 12.2. The summed E-state index contributed by atoms with van der Waals surface area (Å²) in [4.78, 5) is 14.5. The molecule has 1 saturated heterocycles. The van der Waals surface area contributed by atoms with Crippen molar-refractivity contribution < 1.29 is 14.3 Å². The van der Waals surface area contributed by atoms with E-state index >= 15 is 0 Å². The Labute approximate surface area is 174 Å². The fraction of sp³-hybridized carbons (Fsp3) is 0.381. The molecule has 1 atom stereocenters. The fourth-order valence-electron chi connectivity index (χ4n) is 3.40. The summed E-state index contributed by atoms with van der Waals surface area (Å²) in [5.74, 6) is 2.05. The quantitative estimate of drug-likeness (QED) is 0.677. The smallest absolute Gasteiger partial charge is 0.315 e. The third kappa shape index (κ3) is 5.32. The average molecular weight is 448 g/mol. The normalized spacial score (nSPS) is 16.0. The molecule has 7 heteroatoms. The minimum absolute atomic E-state index is 0.165. The molecule has 0 aromatic heterocycles. The van der Waals surface area contributed by atoms with Crippen LogP contribution in [0.5, 0.6) is 11.5 Å². The highest BCUT2D eigenvalue weighted by atomic mass is 79.9. The predicted molar refractivity (Wildman–Crippen MR) is 114 cm³/mol. The Morgan fingerprint density at radius 2 is 2.04 bits per heavy atom. The molecule has 1 unspecified atom stereocenters. The number of benzene rings is 2. The summed E-state index contributed by atoms with van der Waals surface area (Å²) in [6.45, 7) is 2.97. The number of halogens is 1. The number of amides is 2. The first kappa shape index (κ1) is 20.3. The molecule has 0 aliphatic carbocycles. The van der Waals surface area contributed by atoms with Gasteiger partial charge >= 0.3 is 6.03 Å². The molecule has 0 saturated carbocycles. The van der Waals surface area contributed by atoms with Crippen LogP contribution in [0.3, 0.4) is 0 Å². The van der Waals surface area contributed by atoms with Gasteiger partial charge in [-0.25, -0.2) is 4.79 Å². The first-order chi connectivity index (χ1) is 13.6. The van der Waals surface area contributed by atoms with Gasteiger partial charge in [0.1, 0.15) is 11.5 Å². The topological polar surface area (TPSA) is 62.8 Å². The van der Waals surface area contributed by atoms with Gasteiger partial charge in [0.05, 0.1) is 14.2 Å². The zero-order chi connectivity index (χ0) is 19.9. The zero-order valence-corrected chi connectivity index (χ0v) is 17.8. The van der Waals surface area contributed by atoms with E-state index in [9.17, 15) is 4.79 Å². The van der Waals surface area contributed by atoms with Gasteiger partial charge < -0.3 is 25.0 Å². The van der Waals surface area contributed by atoms with Gasteiger partial charge in [0.2, 0.25) is 0 Å². The maximum absolute atomic E-state index is 12.2. The number of anilines is 1. The third-order valence-corrected chi connectivity index (χ3v) is 5.43. The number of urea groups is 1. The van der Waals surface area contributed by atoms with E-state index in [-0.39, 0.29) is 6.03 Å². The monoisotopic (exact) mass is 447 g/mol. The second-order valence-corrected chi connectivity index (χ2v) is 7.74. The molecule has 6 nitrogen and oxygen atoms in total. The SMILES string of the molecule is COc1cccc(N2CCC(CNC(=O)NCc3cc(Br)ccc3OC)C2)c1. The van der Waals surface area contributed by atoms with Crippen molar-refractivity contribution in [1.29, 1.82) is 0 Å². The zero-order valence-electron chi connectivity index (χ0n) is 16.2. The standard InChI is InChI=1S/C21H26BrN3O3/c1-27-19-5-3-4-18(11-19)25-9-8-15(14-25)12-23-21(26)24-13-16-10-17(22)6-7-20(16)28-2/h3-7,10-11,15H,8-9,12-14H2,1-2H3,(H2,23,24,26). The van der Waals surface area contributed by atoms with Crippen molar-refractivity contribution in [3.05, 3.63) is 52.5 Å². The molecule has 28 heavy (non-hydrogen) atoms. The molecule has 2 N–H and O–H groups in total. The van der Waals surface area contributed by atoms with E-state index in [0.29, 0.717) is 19.0 Å². The Morgan fingerprint density at radius 1 is 1.18 bits per heavy atom. The highest BCUT2D eigenvalue weighted by Gasteiger charge is 2.23. The Bertz CT molecular complexity index is 815. The summed E-state index contributed by atoms with van der Waals surface area (Å²) < 4.78 is 11.6. The van der Waals surface area contributed by atoms with Gasteiger partial charge in [0.15, 0.2) is 0 Å². The number of rotatable bonds is 7. The van der Waals surface area contributed by atoms with Crippen LogP contribution in [0.25, 0.3) is 0 Å². The molecule has 1 aliphatic heterocycles. The first-order valence-corrected chi connectivity index (χ1v) is 10.1. The number of carbonyl (C=O) groups excluding carboxylic acids is 1. The summed E-state index contributed by atoms with van der Waals surface area (Å²) in [5, 5.41) is 5.89. The highest BCUT2D eigenvalue weighted by Crippen LogP contribution is 2.26. The van der Waals surface area contributed by atoms with Crippen LogP contribution < -0.4 is 25.0 Å². The minimum atomic E-state index is -0.165. The van der Waals surface area contributed by atoms with Crippen LogP contribution in [-0.2, 0) is 6.54 Å². The van der Waals surface area contributed by atoms with Gasteiger partial charge in [-0.3, -0.25) is 0 Å². The van der Waals surface area contributed by atoms with Crippen LogP contribution in [0.4, 0.5) is 10.5 Å². The van der Waals surface area contributed by atoms with E-state index in [0.717, 1.165) is 46.7 Å². The largest absolute Gasteiger partial charge is 0.497 e. The number of nitrogens with zero attached hydrogens (tertiary/aromatic N) is 1. The van der Waals surface area contributed by atoms with Crippen LogP contribution in [0.15, 0.2) is 46.9 Å². The van der Waals surface area contributed by atoms with Gasteiger partial charge in [-0.05, 0) is 42.7 Å². The van der Waals surface area contributed by atoms with Gasteiger partial charge in [-0.2, -0.15) is 0 Å². The third-order valence-electron chi connectivity index (χ3n) is 4.94. The number of methoxy groups -OCH3 is 2. The van der Waals surface area contributed by atoms with Crippen molar-refractivity contribution >= 4 is 27.6 Å². The molecular formula is C21H26BrN3O3. The average Bonchev–Trinajstić information content (AvgIpc) is 3.20. The summed E-state index contributed by atoms with van der Waals surface area (Å²) in [7, 11) is 3.30. The molecule has 1 fully saturated rings. The number of hydrogen-bond acceptors (Lipinski definition) is 4. The second kappa shape index (κ2) is 9.68. The molecule has 2 aromatic rings. The van der Waals surface area contributed by atoms with Crippen LogP contribution >= 0.6 is 15.9 Å². The van der Waals surface area contributed by atoms with Crippen molar-refractivity contribution in [1.82, 2.24) is 10.6 Å². The van der Waals surface area contributed by atoms with E-state index in [1.807, 2.05) is 36.4 Å². The van der Waals surface area contributed by atoms with Gasteiger partial charge in [-0.1, -0.05) is 22.0 Å². The van der Waals surface area contributed by atoms with Gasteiger partial charge in [0, 0.05) is 48.0 Å². The molecule has 2 aromatic carbocycles. The maximum Gasteiger partial charge on any atom is 0.315 e. The van der Waals surface area contributed by atoms with Crippen molar-refractivity contribution in [2.45, 2.75) is 13.0 Å². The van der Waals surface area contributed by atoms with Crippen molar-refractivity contribution in [3.8, 4) is 11.5 Å². The van der Waals surface area contributed by atoms with E-state index in [1.165, 1.54) is 0 Å². The summed E-state index contributed by atoms with van der Waals surface area (Å²) in [6, 6.07) is 13.7. The minimum Gasteiger partial charge on any atom is -0.497 e. The van der Waals surface area contributed by atoms with Gasteiger partial charge in [0.25, 0.3) is 0 Å². The van der Waals surface area contributed by atoms with E-state index in [4.69, 9.17) is 9.47 Å². The molecule has 150 valence electrons. The lowest BCUT2D eigenvalue weighted by molar-refractivity contribution is 0.238. The summed E-state index contributed by atoms with van der Waals surface area (Å²) in [6.07, 6.45) is 1.05. The summed E-state index contributed by atoms with van der Waals surface area (Å²) in [5.41, 5.74) is 2.09. The number of carbonyl (C=O) groups is 1.